The predicted molar refractivity (Wildman–Crippen MR) is 54.9 cm³/mol. The number of likely N-dealkylation sites (N-methyl/N-ethyl adjacent to an activating group) is 1. The van der Waals surface area contributed by atoms with Crippen molar-refractivity contribution in [2.45, 2.75) is 12.8 Å². The summed E-state index contributed by atoms with van der Waals surface area (Å²) >= 11 is 0. The van der Waals surface area contributed by atoms with Gasteiger partial charge in [-0.15, -0.1) is 0 Å². The number of rotatable bonds is 6. The van der Waals surface area contributed by atoms with Crippen molar-refractivity contribution in [3.63, 3.8) is 0 Å². The number of carbonyl (C=O) groups is 2. The van der Waals surface area contributed by atoms with Crippen molar-refractivity contribution in [1.82, 2.24) is 15.5 Å². The molecule has 0 saturated heterocycles. The second kappa shape index (κ2) is 7.32. The van der Waals surface area contributed by atoms with Crippen LogP contribution in [0.2, 0.25) is 0 Å². The number of hydrogen-bond acceptors (Lipinski definition) is 3. The van der Waals surface area contributed by atoms with Crippen LogP contribution in [0, 0.1) is 0 Å². The van der Waals surface area contributed by atoms with Gasteiger partial charge in [0.05, 0.1) is 0 Å². The molecule has 0 heterocycles. The minimum atomic E-state index is -0.104. The highest BCUT2D eigenvalue weighted by atomic mass is 16.2. The van der Waals surface area contributed by atoms with Gasteiger partial charge < -0.3 is 15.5 Å². The van der Waals surface area contributed by atoms with E-state index in [9.17, 15) is 9.59 Å². The summed E-state index contributed by atoms with van der Waals surface area (Å²) in [6.45, 7) is 1.44. The molecule has 0 aromatic carbocycles. The lowest BCUT2D eigenvalue weighted by molar-refractivity contribution is -0.126. The third-order valence-corrected chi connectivity index (χ3v) is 1.74. The molecule has 0 unspecified atom stereocenters. The Labute approximate surface area is 84.8 Å². The summed E-state index contributed by atoms with van der Waals surface area (Å²) in [4.78, 5) is 23.9. The third kappa shape index (κ3) is 7.54. The van der Waals surface area contributed by atoms with Crippen molar-refractivity contribution >= 4 is 11.8 Å². The summed E-state index contributed by atoms with van der Waals surface area (Å²) in [5, 5.41) is 5.20. The van der Waals surface area contributed by atoms with Crippen molar-refractivity contribution in [2.75, 3.05) is 34.2 Å². The Morgan fingerprint density at radius 2 is 1.71 bits per heavy atom. The van der Waals surface area contributed by atoms with Gasteiger partial charge in [-0.25, -0.2) is 0 Å². The molecule has 0 radical (unpaired) electrons. The van der Waals surface area contributed by atoms with E-state index in [0.29, 0.717) is 6.54 Å². The fourth-order valence-electron chi connectivity index (χ4n) is 0.859. The number of carbonyl (C=O) groups excluding carboxylic acids is 2. The van der Waals surface area contributed by atoms with Gasteiger partial charge in [0.1, 0.15) is 0 Å². The van der Waals surface area contributed by atoms with Crippen LogP contribution >= 0.6 is 0 Å². The number of hydrogen-bond donors (Lipinski definition) is 2. The summed E-state index contributed by atoms with van der Waals surface area (Å²) in [5.74, 6) is -0.178. The van der Waals surface area contributed by atoms with Gasteiger partial charge in [0.2, 0.25) is 11.8 Å². The van der Waals surface area contributed by atoms with Crippen molar-refractivity contribution in [3.05, 3.63) is 0 Å². The molecule has 5 nitrogen and oxygen atoms in total. The van der Waals surface area contributed by atoms with Crippen LogP contribution in [0.5, 0.6) is 0 Å². The first-order chi connectivity index (χ1) is 6.56. The number of amides is 2. The molecule has 5 heteroatoms. The van der Waals surface area contributed by atoms with Crippen molar-refractivity contribution in [1.29, 1.82) is 0 Å². The zero-order chi connectivity index (χ0) is 11.0. The van der Waals surface area contributed by atoms with E-state index in [4.69, 9.17) is 0 Å². The predicted octanol–water partition coefficient (Wildman–Crippen LogP) is -0.810. The molecule has 0 aromatic rings. The molecular formula is C9H19N3O2. The highest BCUT2D eigenvalue weighted by Crippen LogP contribution is 1.87. The first-order valence-corrected chi connectivity index (χ1v) is 4.68. The smallest absolute Gasteiger partial charge is 0.220 e. The van der Waals surface area contributed by atoms with Crippen molar-refractivity contribution in [2.24, 2.45) is 0 Å². The highest BCUT2D eigenvalue weighted by Gasteiger charge is 2.04. The quantitative estimate of drug-likeness (QED) is 0.591. The summed E-state index contributed by atoms with van der Waals surface area (Å²) in [6, 6.07) is 0. The Morgan fingerprint density at radius 3 is 2.21 bits per heavy atom. The van der Waals surface area contributed by atoms with Crippen molar-refractivity contribution in [3.8, 4) is 0 Å². The standard InChI is InChI=1S/C9H19N3O2/c1-10-8(13)4-5-9(14)11-6-7-12(2)3/h4-7H2,1-3H3,(H,10,13)(H,11,14). The first kappa shape index (κ1) is 12.9. The van der Waals surface area contributed by atoms with Gasteiger partial charge in [0, 0.05) is 33.0 Å². The molecule has 2 N–H and O–H groups in total. The van der Waals surface area contributed by atoms with Crippen LogP contribution in [-0.2, 0) is 9.59 Å². The van der Waals surface area contributed by atoms with Crippen LogP contribution in [0.15, 0.2) is 0 Å². The van der Waals surface area contributed by atoms with Gasteiger partial charge >= 0.3 is 0 Å². The van der Waals surface area contributed by atoms with E-state index in [1.165, 1.54) is 0 Å². The summed E-state index contributed by atoms with van der Waals surface area (Å²) < 4.78 is 0. The monoisotopic (exact) mass is 201 g/mol. The topological polar surface area (TPSA) is 61.4 Å². The van der Waals surface area contributed by atoms with Crippen LogP contribution in [0.1, 0.15) is 12.8 Å². The molecule has 2 amide bonds. The molecule has 0 saturated carbocycles. The molecule has 0 fully saturated rings. The Kier molecular flexibility index (Phi) is 6.74. The van der Waals surface area contributed by atoms with E-state index in [1.807, 2.05) is 19.0 Å². The molecule has 14 heavy (non-hydrogen) atoms. The lowest BCUT2D eigenvalue weighted by Gasteiger charge is -2.09. The van der Waals surface area contributed by atoms with E-state index >= 15 is 0 Å². The number of nitrogens with zero attached hydrogens (tertiary/aromatic N) is 1. The minimum Gasteiger partial charge on any atom is -0.359 e. The molecule has 0 aliphatic rings. The molecule has 0 bridgehead atoms. The second-order valence-electron chi connectivity index (χ2n) is 3.33. The molecular weight excluding hydrogens is 182 g/mol. The molecule has 0 atom stereocenters. The Morgan fingerprint density at radius 1 is 1.14 bits per heavy atom. The molecule has 82 valence electrons. The zero-order valence-electron chi connectivity index (χ0n) is 9.09. The van der Waals surface area contributed by atoms with E-state index < -0.39 is 0 Å². The maximum absolute atomic E-state index is 11.1. The van der Waals surface area contributed by atoms with E-state index in [0.717, 1.165) is 6.54 Å². The summed E-state index contributed by atoms with van der Waals surface area (Å²) in [6.07, 6.45) is 0.511. The Hall–Kier alpha value is -1.10. The zero-order valence-corrected chi connectivity index (χ0v) is 9.09. The molecule has 0 aromatic heterocycles. The average Bonchev–Trinajstić information content (AvgIpc) is 2.13. The third-order valence-electron chi connectivity index (χ3n) is 1.74. The lowest BCUT2D eigenvalue weighted by atomic mass is 10.3. The van der Waals surface area contributed by atoms with E-state index in [-0.39, 0.29) is 24.7 Å². The maximum Gasteiger partial charge on any atom is 0.220 e. The largest absolute Gasteiger partial charge is 0.359 e. The fourth-order valence-corrected chi connectivity index (χ4v) is 0.859. The second-order valence-corrected chi connectivity index (χ2v) is 3.33. The first-order valence-electron chi connectivity index (χ1n) is 4.68. The van der Waals surface area contributed by atoms with Gasteiger partial charge in [0.15, 0.2) is 0 Å². The van der Waals surface area contributed by atoms with Crippen LogP contribution in [0.3, 0.4) is 0 Å². The fraction of sp³-hybridized carbons (Fsp3) is 0.778. The Balaban J connectivity index is 3.42. The molecule has 0 aliphatic carbocycles. The van der Waals surface area contributed by atoms with E-state index in [2.05, 4.69) is 10.6 Å². The Bertz CT molecular complexity index is 192. The highest BCUT2D eigenvalue weighted by molar-refractivity contribution is 5.83. The minimum absolute atomic E-state index is 0.0737. The van der Waals surface area contributed by atoms with Gasteiger partial charge in [-0.05, 0) is 14.1 Å². The van der Waals surface area contributed by atoms with Gasteiger partial charge in [-0.3, -0.25) is 9.59 Å². The molecule has 0 aliphatic heterocycles. The van der Waals surface area contributed by atoms with Crippen LogP contribution in [0.25, 0.3) is 0 Å². The maximum atomic E-state index is 11.1. The van der Waals surface area contributed by atoms with Gasteiger partial charge in [-0.2, -0.15) is 0 Å². The lowest BCUT2D eigenvalue weighted by Crippen LogP contribution is -2.32. The summed E-state index contributed by atoms with van der Waals surface area (Å²) in [7, 11) is 5.44. The molecule has 0 spiro atoms. The van der Waals surface area contributed by atoms with Crippen LogP contribution < -0.4 is 10.6 Å². The number of nitrogens with one attached hydrogen (secondary N) is 2. The van der Waals surface area contributed by atoms with Crippen LogP contribution in [-0.4, -0.2) is 50.9 Å². The average molecular weight is 201 g/mol. The van der Waals surface area contributed by atoms with Gasteiger partial charge in [-0.1, -0.05) is 0 Å². The van der Waals surface area contributed by atoms with Crippen molar-refractivity contribution < 1.29 is 9.59 Å². The SMILES string of the molecule is CNC(=O)CCC(=O)NCCN(C)C. The summed E-state index contributed by atoms with van der Waals surface area (Å²) in [5.41, 5.74) is 0. The molecule has 0 rings (SSSR count). The van der Waals surface area contributed by atoms with E-state index in [1.54, 1.807) is 7.05 Å². The van der Waals surface area contributed by atoms with Crippen LogP contribution in [0.4, 0.5) is 0 Å². The normalized spacial score (nSPS) is 10.0. The van der Waals surface area contributed by atoms with Gasteiger partial charge in [0.25, 0.3) is 0 Å².